The molecule has 0 aliphatic heterocycles. The van der Waals surface area contributed by atoms with Gasteiger partial charge in [0.05, 0.1) is 7.11 Å². The van der Waals surface area contributed by atoms with Gasteiger partial charge in [0, 0.05) is 30.1 Å². The number of nitrogen functional groups attached to an aromatic ring is 1. The van der Waals surface area contributed by atoms with Crippen LogP contribution in [0.5, 0.6) is 11.6 Å². The van der Waals surface area contributed by atoms with Gasteiger partial charge in [-0.2, -0.15) is 18.2 Å². The average Bonchev–Trinajstić information content (AvgIpc) is 3.20. The number of hydrogen-bond acceptors (Lipinski definition) is 7. The number of alkyl halides is 3. The quantitative estimate of drug-likeness (QED) is 0.382. The second-order valence-electron chi connectivity index (χ2n) is 7.31. The van der Waals surface area contributed by atoms with Gasteiger partial charge in [-0.3, -0.25) is 4.79 Å². The Kier molecular flexibility index (Phi) is 6.40. The van der Waals surface area contributed by atoms with Crippen LogP contribution in [0.15, 0.2) is 48.8 Å². The number of pyridine rings is 2. The van der Waals surface area contributed by atoms with Crippen LogP contribution in [-0.2, 0) is 6.54 Å². The number of aromatic nitrogens is 4. The molecule has 0 fully saturated rings. The lowest BCUT2D eigenvalue weighted by Crippen LogP contribution is -2.25. The van der Waals surface area contributed by atoms with E-state index >= 15 is 0 Å². The van der Waals surface area contributed by atoms with Gasteiger partial charge in [-0.05, 0) is 42.0 Å². The summed E-state index contributed by atoms with van der Waals surface area (Å²) in [5.74, 6) is -1.42. The van der Waals surface area contributed by atoms with Crippen LogP contribution in [0.2, 0.25) is 0 Å². The SMILES string of the molecule is COc1ncc(-c2ccn3nc(N)nc3c2)cc1C(=O)NCc1cc(F)ccc1OCC(F)(F)F. The number of fused-ring (bicyclic) bond motifs is 1. The lowest BCUT2D eigenvalue weighted by molar-refractivity contribution is -0.153. The van der Waals surface area contributed by atoms with Crippen LogP contribution >= 0.6 is 0 Å². The van der Waals surface area contributed by atoms with Crippen LogP contribution in [0, 0.1) is 5.82 Å². The van der Waals surface area contributed by atoms with Gasteiger partial charge in [-0.1, -0.05) is 0 Å². The summed E-state index contributed by atoms with van der Waals surface area (Å²) in [5, 5.41) is 6.53. The predicted octanol–water partition coefficient (Wildman–Crippen LogP) is 3.39. The van der Waals surface area contributed by atoms with Crippen molar-refractivity contribution in [1.29, 1.82) is 0 Å². The van der Waals surface area contributed by atoms with Crippen molar-refractivity contribution < 1.29 is 31.8 Å². The fraction of sp³-hybridized carbons (Fsp3) is 0.182. The van der Waals surface area contributed by atoms with Crippen LogP contribution in [0.4, 0.5) is 23.5 Å². The van der Waals surface area contributed by atoms with Gasteiger partial charge in [0.15, 0.2) is 12.3 Å². The lowest BCUT2D eigenvalue weighted by atomic mass is 10.1. The summed E-state index contributed by atoms with van der Waals surface area (Å²) in [6, 6.07) is 7.97. The molecule has 3 N–H and O–H groups in total. The zero-order valence-corrected chi connectivity index (χ0v) is 18.1. The number of ether oxygens (including phenoxy) is 2. The number of anilines is 1. The Bertz CT molecular complexity index is 1390. The third-order valence-electron chi connectivity index (χ3n) is 4.83. The van der Waals surface area contributed by atoms with Crippen LogP contribution in [0.3, 0.4) is 0 Å². The molecular formula is C22H18F4N6O3. The monoisotopic (exact) mass is 490 g/mol. The Morgan fingerprint density at radius 3 is 2.71 bits per heavy atom. The van der Waals surface area contributed by atoms with E-state index in [1.807, 2.05) is 0 Å². The van der Waals surface area contributed by atoms with Crippen molar-refractivity contribution in [3.05, 3.63) is 65.7 Å². The molecule has 1 aromatic carbocycles. The van der Waals surface area contributed by atoms with Gasteiger partial charge in [0.1, 0.15) is 17.1 Å². The highest BCUT2D eigenvalue weighted by atomic mass is 19.4. The summed E-state index contributed by atoms with van der Waals surface area (Å²) in [7, 11) is 1.33. The molecule has 0 bridgehead atoms. The molecule has 13 heteroatoms. The normalized spacial score (nSPS) is 11.5. The van der Waals surface area contributed by atoms with E-state index in [0.29, 0.717) is 16.8 Å². The summed E-state index contributed by atoms with van der Waals surface area (Å²) in [6.45, 7) is -1.86. The van der Waals surface area contributed by atoms with E-state index in [4.69, 9.17) is 15.2 Å². The molecule has 1 amide bonds. The third-order valence-corrected chi connectivity index (χ3v) is 4.83. The number of nitrogens with one attached hydrogen (secondary N) is 1. The van der Waals surface area contributed by atoms with Crippen molar-refractivity contribution in [2.75, 3.05) is 19.5 Å². The van der Waals surface area contributed by atoms with Gasteiger partial charge in [-0.15, -0.1) is 5.10 Å². The molecular weight excluding hydrogens is 472 g/mol. The Balaban J connectivity index is 1.57. The second kappa shape index (κ2) is 9.44. The molecule has 4 aromatic rings. The maximum absolute atomic E-state index is 13.7. The number of rotatable bonds is 7. The average molecular weight is 490 g/mol. The lowest BCUT2D eigenvalue weighted by Gasteiger charge is -2.15. The standard InChI is InChI=1S/C22H18F4N6O3/c1-34-20-16(7-13(9-29-20)12-4-5-32-18(8-12)30-21(27)31-32)19(33)28-10-14-6-15(23)2-3-17(14)35-11-22(24,25)26/h2-9H,10-11H2,1H3,(H2,27,31)(H,28,33). The maximum Gasteiger partial charge on any atom is 0.422 e. The fourth-order valence-electron chi connectivity index (χ4n) is 3.27. The summed E-state index contributed by atoms with van der Waals surface area (Å²) in [5.41, 5.74) is 7.40. The molecule has 0 saturated heterocycles. The molecule has 0 spiro atoms. The number of amides is 1. The summed E-state index contributed by atoms with van der Waals surface area (Å²) >= 11 is 0. The van der Waals surface area contributed by atoms with Crippen LogP contribution in [0.25, 0.3) is 16.8 Å². The molecule has 0 aliphatic rings. The number of carbonyl (C=O) groups excluding carboxylic acids is 1. The molecule has 0 saturated carbocycles. The van der Waals surface area contributed by atoms with E-state index in [2.05, 4.69) is 20.4 Å². The third kappa shape index (κ3) is 5.57. The minimum atomic E-state index is -4.57. The van der Waals surface area contributed by atoms with Crippen LogP contribution in [-0.4, -0.2) is 45.4 Å². The number of methoxy groups -OCH3 is 1. The second-order valence-corrected chi connectivity index (χ2v) is 7.31. The Morgan fingerprint density at radius 2 is 1.97 bits per heavy atom. The number of hydrogen-bond donors (Lipinski definition) is 2. The molecule has 0 atom stereocenters. The zero-order valence-electron chi connectivity index (χ0n) is 18.1. The van der Waals surface area contributed by atoms with Crippen molar-refractivity contribution in [2.45, 2.75) is 12.7 Å². The Hall–Kier alpha value is -4.42. The number of nitrogens with zero attached hydrogens (tertiary/aromatic N) is 4. The minimum Gasteiger partial charge on any atom is -0.484 e. The van der Waals surface area contributed by atoms with Crippen LogP contribution in [0.1, 0.15) is 15.9 Å². The molecule has 3 heterocycles. The van der Waals surface area contributed by atoms with Crippen molar-refractivity contribution in [3.8, 4) is 22.8 Å². The number of benzene rings is 1. The Morgan fingerprint density at radius 1 is 1.17 bits per heavy atom. The van der Waals surface area contributed by atoms with E-state index < -0.39 is 24.5 Å². The van der Waals surface area contributed by atoms with Crippen molar-refractivity contribution in [1.82, 2.24) is 24.9 Å². The van der Waals surface area contributed by atoms with Crippen molar-refractivity contribution in [2.24, 2.45) is 0 Å². The van der Waals surface area contributed by atoms with Gasteiger partial charge in [0.2, 0.25) is 11.8 Å². The molecule has 9 nitrogen and oxygen atoms in total. The smallest absolute Gasteiger partial charge is 0.422 e. The van der Waals surface area contributed by atoms with E-state index in [-0.39, 0.29) is 35.2 Å². The highest BCUT2D eigenvalue weighted by Gasteiger charge is 2.29. The highest BCUT2D eigenvalue weighted by molar-refractivity contribution is 5.97. The molecule has 4 rings (SSSR count). The largest absolute Gasteiger partial charge is 0.484 e. The van der Waals surface area contributed by atoms with Crippen molar-refractivity contribution >= 4 is 17.5 Å². The van der Waals surface area contributed by atoms with Gasteiger partial charge in [0.25, 0.3) is 5.91 Å². The molecule has 35 heavy (non-hydrogen) atoms. The molecule has 0 radical (unpaired) electrons. The zero-order chi connectivity index (χ0) is 25.2. The predicted molar refractivity (Wildman–Crippen MR) is 116 cm³/mol. The van der Waals surface area contributed by atoms with Gasteiger partial charge in [-0.25, -0.2) is 13.9 Å². The Labute approximate surface area is 195 Å². The first-order chi connectivity index (χ1) is 16.6. The first-order valence-electron chi connectivity index (χ1n) is 10.1. The fourth-order valence-corrected chi connectivity index (χ4v) is 3.27. The first-order valence-corrected chi connectivity index (χ1v) is 10.1. The van der Waals surface area contributed by atoms with E-state index in [1.165, 1.54) is 23.9 Å². The van der Waals surface area contributed by atoms with E-state index in [9.17, 15) is 22.4 Å². The first kappa shape index (κ1) is 23.7. The van der Waals surface area contributed by atoms with Crippen LogP contribution < -0.4 is 20.5 Å². The van der Waals surface area contributed by atoms with Gasteiger partial charge < -0.3 is 20.5 Å². The van der Waals surface area contributed by atoms with E-state index in [0.717, 1.165) is 18.2 Å². The molecule has 182 valence electrons. The van der Waals surface area contributed by atoms with E-state index in [1.54, 1.807) is 18.3 Å². The van der Waals surface area contributed by atoms with Gasteiger partial charge >= 0.3 is 6.18 Å². The number of nitrogens with two attached hydrogens (primary N) is 1. The maximum atomic E-state index is 13.7. The number of carbonyl (C=O) groups is 1. The minimum absolute atomic E-state index is 0.0202. The topological polar surface area (TPSA) is 117 Å². The molecule has 0 unspecified atom stereocenters. The highest BCUT2D eigenvalue weighted by Crippen LogP contribution is 2.26. The number of halogens is 4. The molecule has 0 aliphatic carbocycles. The summed E-state index contributed by atoms with van der Waals surface area (Å²) < 4.78 is 62.7. The summed E-state index contributed by atoms with van der Waals surface area (Å²) in [6.07, 6.45) is -1.43. The molecule has 3 aromatic heterocycles. The van der Waals surface area contributed by atoms with Crippen molar-refractivity contribution in [3.63, 3.8) is 0 Å². The summed E-state index contributed by atoms with van der Waals surface area (Å²) in [4.78, 5) is 21.2.